The van der Waals surface area contributed by atoms with Crippen molar-refractivity contribution in [2.45, 2.75) is 19.2 Å². The fourth-order valence-corrected chi connectivity index (χ4v) is 2.68. The van der Waals surface area contributed by atoms with Crippen LogP contribution in [0.3, 0.4) is 0 Å². The number of rotatable bonds is 7. The molecule has 2 aromatic rings. The number of anilines is 1. The number of aromatic nitrogens is 1. The standard InChI is InChI=1S/C16H17F3N2O4S/c1-9(25-8-16(17,18)19)14(22)21-15-20-12(7-26-15)11-5-4-10(23-2)6-13(11)24-3/h4-7,9H,8H2,1-3H3,(H,20,21,22). The Kier molecular flexibility index (Phi) is 6.43. The maximum Gasteiger partial charge on any atom is 0.411 e. The fourth-order valence-electron chi connectivity index (χ4n) is 1.97. The molecule has 0 aliphatic heterocycles. The number of carbonyl (C=O) groups excluding carboxylic acids is 1. The number of carbonyl (C=O) groups is 1. The van der Waals surface area contributed by atoms with Gasteiger partial charge in [0.25, 0.3) is 5.91 Å². The number of nitrogens with one attached hydrogen (secondary N) is 1. The van der Waals surface area contributed by atoms with E-state index in [4.69, 9.17) is 9.47 Å². The van der Waals surface area contributed by atoms with Gasteiger partial charge in [0.05, 0.1) is 19.9 Å². The number of nitrogens with zero attached hydrogens (tertiary/aromatic N) is 1. The van der Waals surface area contributed by atoms with E-state index in [1.807, 2.05) is 0 Å². The van der Waals surface area contributed by atoms with Crippen LogP contribution in [0.25, 0.3) is 11.3 Å². The van der Waals surface area contributed by atoms with E-state index in [2.05, 4.69) is 15.0 Å². The molecule has 0 spiro atoms. The average Bonchev–Trinajstić information content (AvgIpc) is 3.06. The SMILES string of the molecule is COc1ccc(-c2csc(NC(=O)C(C)OCC(F)(F)F)n2)c(OC)c1. The van der Waals surface area contributed by atoms with Gasteiger partial charge < -0.3 is 14.2 Å². The number of halogens is 3. The number of hydrogen-bond donors (Lipinski definition) is 1. The highest BCUT2D eigenvalue weighted by molar-refractivity contribution is 7.14. The molecule has 1 N–H and O–H groups in total. The Hall–Kier alpha value is -2.33. The highest BCUT2D eigenvalue weighted by atomic mass is 32.1. The van der Waals surface area contributed by atoms with Crippen molar-refractivity contribution in [1.29, 1.82) is 0 Å². The van der Waals surface area contributed by atoms with Gasteiger partial charge in [0.1, 0.15) is 24.2 Å². The van der Waals surface area contributed by atoms with Crippen LogP contribution in [0.1, 0.15) is 6.92 Å². The molecular weight excluding hydrogens is 373 g/mol. The zero-order valence-electron chi connectivity index (χ0n) is 14.2. The number of alkyl halides is 3. The minimum Gasteiger partial charge on any atom is -0.497 e. The molecule has 1 atom stereocenters. The number of ether oxygens (including phenoxy) is 3. The number of methoxy groups -OCH3 is 2. The van der Waals surface area contributed by atoms with Crippen molar-refractivity contribution in [2.75, 3.05) is 26.1 Å². The van der Waals surface area contributed by atoms with Crippen LogP contribution in [0.2, 0.25) is 0 Å². The number of hydrogen-bond acceptors (Lipinski definition) is 6. The lowest BCUT2D eigenvalue weighted by Gasteiger charge is -2.13. The summed E-state index contributed by atoms with van der Waals surface area (Å²) < 4.78 is 51.3. The second-order valence-electron chi connectivity index (χ2n) is 5.16. The van der Waals surface area contributed by atoms with Crippen molar-refractivity contribution < 1.29 is 32.2 Å². The van der Waals surface area contributed by atoms with E-state index in [0.717, 1.165) is 11.3 Å². The highest BCUT2D eigenvalue weighted by Gasteiger charge is 2.30. The first-order valence-electron chi connectivity index (χ1n) is 7.40. The summed E-state index contributed by atoms with van der Waals surface area (Å²) in [6.07, 6.45) is -5.76. The molecule has 1 amide bonds. The second kappa shape index (κ2) is 8.37. The van der Waals surface area contributed by atoms with Crippen LogP contribution in [0.15, 0.2) is 23.6 Å². The van der Waals surface area contributed by atoms with E-state index in [1.54, 1.807) is 23.6 Å². The van der Waals surface area contributed by atoms with Crippen LogP contribution in [-0.4, -0.2) is 44.0 Å². The van der Waals surface area contributed by atoms with E-state index in [0.29, 0.717) is 22.8 Å². The fraction of sp³-hybridized carbons (Fsp3) is 0.375. The number of amides is 1. The summed E-state index contributed by atoms with van der Waals surface area (Å²) in [5.41, 5.74) is 1.24. The third-order valence-electron chi connectivity index (χ3n) is 3.29. The molecule has 6 nitrogen and oxygen atoms in total. The molecule has 1 unspecified atom stereocenters. The van der Waals surface area contributed by atoms with Gasteiger partial charge in [-0.2, -0.15) is 13.2 Å². The van der Waals surface area contributed by atoms with Gasteiger partial charge in [-0.25, -0.2) is 4.98 Å². The number of benzene rings is 1. The predicted molar refractivity (Wildman–Crippen MR) is 90.8 cm³/mol. The molecule has 2 rings (SSSR count). The van der Waals surface area contributed by atoms with Crippen LogP contribution in [0.4, 0.5) is 18.3 Å². The van der Waals surface area contributed by atoms with Crippen LogP contribution < -0.4 is 14.8 Å². The Labute approximate surface area is 151 Å². The first-order valence-corrected chi connectivity index (χ1v) is 8.28. The Balaban J connectivity index is 2.07. The van der Waals surface area contributed by atoms with Crippen molar-refractivity contribution >= 4 is 22.4 Å². The molecule has 0 aliphatic carbocycles. The van der Waals surface area contributed by atoms with Crippen molar-refractivity contribution in [3.05, 3.63) is 23.6 Å². The first-order chi connectivity index (χ1) is 12.2. The Morgan fingerprint density at radius 2 is 2.04 bits per heavy atom. The molecule has 1 aromatic heterocycles. The second-order valence-corrected chi connectivity index (χ2v) is 6.02. The Bertz CT molecular complexity index is 764. The monoisotopic (exact) mass is 390 g/mol. The summed E-state index contributed by atoms with van der Waals surface area (Å²) in [6, 6.07) is 5.19. The van der Waals surface area contributed by atoms with E-state index < -0.39 is 24.8 Å². The molecule has 0 saturated heterocycles. The summed E-state index contributed by atoms with van der Waals surface area (Å²) in [6.45, 7) is -0.254. The normalized spacial score (nSPS) is 12.5. The van der Waals surface area contributed by atoms with Gasteiger partial charge in [0.2, 0.25) is 0 Å². The summed E-state index contributed by atoms with van der Waals surface area (Å²) >= 11 is 1.14. The maximum absolute atomic E-state index is 12.1. The Morgan fingerprint density at radius 3 is 2.65 bits per heavy atom. The van der Waals surface area contributed by atoms with Crippen LogP contribution >= 0.6 is 11.3 Å². The van der Waals surface area contributed by atoms with Gasteiger partial charge in [-0.1, -0.05) is 0 Å². The molecule has 0 saturated carbocycles. The molecule has 0 aliphatic rings. The molecule has 1 aromatic carbocycles. The van der Waals surface area contributed by atoms with Crippen molar-refractivity contribution in [2.24, 2.45) is 0 Å². The van der Waals surface area contributed by atoms with Crippen molar-refractivity contribution in [1.82, 2.24) is 4.98 Å². The number of thiazole rings is 1. The van der Waals surface area contributed by atoms with E-state index in [-0.39, 0.29) is 5.13 Å². The zero-order chi connectivity index (χ0) is 19.3. The van der Waals surface area contributed by atoms with E-state index in [1.165, 1.54) is 21.1 Å². The lowest BCUT2D eigenvalue weighted by Crippen LogP contribution is -2.31. The van der Waals surface area contributed by atoms with Crippen molar-refractivity contribution in [3.63, 3.8) is 0 Å². The molecule has 10 heteroatoms. The lowest BCUT2D eigenvalue weighted by molar-refractivity contribution is -0.184. The lowest BCUT2D eigenvalue weighted by atomic mass is 10.1. The zero-order valence-corrected chi connectivity index (χ0v) is 15.0. The van der Waals surface area contributed by atoms with Gasteiger partial charge >= 0.3 is 6.18 Å². The molecule has 142 valence electrons. The molecule has 0 bridgehead atoms. The largest absolute Gasteiger partial charge is 0.497 e. The van der Waals surface area contributed by atoms with Crippen molar-refractivity contribution in [3.8, 4) is 22.8 Å². The maximum atomic E-state index is 12.1. The van der Waals surface area contributed by atoms with Gasteiger partial charge in [-0.15, -0.1) is 11.3 Å². The third-order valence-corrected chi connectivity index (χ3v) is 4.04. The molecular formula is C16H17F3N2O4S. The Morgan fingerprint density at radius 1 is 1.31 bits per heavy atom. The summed E-state index contributed by atoms with van der Waals surface area (Å²) in [5.74, 6) is 0.441. The van der Waals surface area contributed by atoms with Crippen LogP contribution in [0, 0.1) is 0 Å². The van der Waals surface area contributed by atoms with Gasteiger partial charge in [0, 0.05) is 17.0 Å². The average molecular weight is 390 g/mol. The smallest absolute Gasteiger partial charge is 0.411 e. The quantitative estimate of drug-likeness (QED) is 0.780. The molecule has 0 radical (unpaired) electrons. The summed E-state index contributed by atoms with van der Waals surface area (Å²) in [7, 11) is 3.04. The topological polar surface area (TPSA) is 69.7 Å². The molecule has 0 fully saturated rings. The first kappa shape index (κ1) is 20.0. The molecule has 1 heterocycles. The molecule has 26 heavy (non-hydrogen) atoms. The van der Waals surface area contributed by atoms with E-state index >= 15 is 0 Å². The third kappa shape index (κ3) is 5.33. The minimum atomic E-state index is -4.49. The van der Waals surface area contributed by atoms with Crippen LogP contribution in [-0.2, 0) is 9.53 Å². The summed E-state index contributed by atoms with van der Waals surface area (Å²) in [4.78, 5) is 16.2. The minimum absolute atomic E-state index is 0.241. The van der Waals surface area contributed by atoms with Crippen LogP contribution in [0.5, 0.6) is 11.5 Å². The van der Waals surface area contributed by atoms with Gasteiger partial charge in [0.15, 0.2) is 5.13 Å². The van der Waals surface area contributed by atoms with Gasteiger partial charge in [-0.05, 0) is 19.1 Å². The van der Waals surface area contributed by atoms with E-state index in [9.17, 15) is 18.0 Å². The highest BCUT2D eigenvalue weighted by Crippen LogP contribution is 2.34. The van der Waals surface area contributed by atoms with Gasteiger partial charge in [-0.3, -0.25) is 10.1 Å². The predicted octanol–water partition coefficient (Wildman–Crippen LogP) is 3.73. The summed E-state index contributed by atoms with van der Waals surface area (Å²) in [5, 5.41) is 4.38.